The van der Waals surface area contributed by atoms with Crippen LogP contribution >= 0.6 is 0 Å². The Labute approximate surface area is 109 Å². The predicted octanol–water partition coefficient (Wildman–Crippen LogP) is -4.12. The third kappa shape index (κ3) is 6.57. The van der Waals surface area contributed by atoms with Crippen LogP contribution in [0.4, 0.5) is 0 Å². The number of Topliss-reactive ketones (excluding diaryl/α,β-unsaturated/α-hetero) is 1. The number of rotatable bonds is 9. The van der Waals surface area contributed by atoms with E-state index in [1.165, 1.54) is 0 Å². The van der Waals surface area contributed by atoms with E-state index in [-0.39, 0.29) is 6.54 Å². The van der Waals surface area contributed by atoms with Crippen molar-refractivity contribution in [2.75, 3.05) is 19.8 Å². The molecule has 0 spiro atoms. The van der Waals surface area contributed by atoms with Crippen molar-refractivity contribution in [1.29, 1.82) is 0 Å². The average Bonchev–Trinajstić information content (AvgIpc) is 2.41. The molecule has 0 rings (SSSR count). The highest BCUT2D eigenvalue weighted by molar-refractivity contribution is 5.86. The molecule has 4 atom stereocenters. The molecule has 0 bridgehead atoms. The maximum absolute atomic E-state index is 11.3. The van der Waals surface area contributed by atoms with Crippen molar-refractivity contribution in [3.8, 4) is 0 Å². The molecule has 7 N–H and O–H groups in total. The summed E-state index contributed by atoms with van der Waals surface area (Å²) in [5.74, 6) is -1.94. The number of carbonyl (C=O) groups is 2. The molecule has 1 unspecified atom stereocenters. The lowest BCUT2D eigenvalue weighted by Crippen LogP contribution is -2.45. The molecule has 0 aliphatic carbocycles. The van der Waals surface area contributed by atoms with E-state index in [9.17, 15) is 19.8 Å². The molecule has 0 saturated heterocycles. The third-order valence-electron chi connectivity index (χ3n) is 2.28. The van der Waals surface area contributed by atoms with E-state index < -0.39 is 55.8 Å². The van der Waals surface area contributed by atoms with Gasteiger partial charge in [0.2, 0.25) is 5.78 Å². The molecule has 0 aliphatic rings. The van der Waals surface area contributed by atoms with Crippen LogP contribution in [0.1, 0.15) is 6.42 Å². The van der Waals surface area contributed by atoms with Crippen LogP contribution in [-0.2, 0) is 14.3 Å². The molecular formula is C10H19NO8. The van der Waals surface area contributed by atoms with Crippen molar-refractivity contribution in [3.05, 3.63) is 0 Å². The lowest BCUT2D eigenvalue weighted by molar-refractivity contribution is -0.156. The van der Waals surface area contributed by atoms with E-state index in [0.29, 0.717) is 0 Å². The Morgan fingerprint density at radius 2 is 1.74 bits per heavy atom. The molecule has 19 heavy (non-hydrogen) atoms. The summed E-state index contributed by atoms with van der Waals surface area (Å²) in [5.41, 5.74) is 5.06. The fourth-order valence-electron chi connectivity index (χ4n) is 1.08. The van der Waals surface area contributed by atoms with Gasteiger partial charge in [0.05, 0.1) is 19.1 Å². The van der Waals surface area contributed by atoms with Crippen LogP contribution in [0.3, 0.4) is 0 Å². The highest BCUT2D eigenvalue weighted by atomic mass is 16.5. The van der Waals surface area contributed by atoms with Crippen molar-refractivity contribution < 1.29 is 39.9 Å². The summed E-state index contributed by atoms with van der Waals surface area (Å²) >= 11 is 0. The Morgan fingerprint density at radius 3 is 2.21 bits per heavy atom. The summed E-state index contributed by atoms with van der Waals surface area (Å²) in [6, 6.07) is 0. The molecule has 0 aromatic heterocycles. The highest BCUT2D eigenvalue weighted by Crippen LogP contribution is 2.02. The number of nitrogens with two attached hydrogens (primary N) is 1. The third-order valence-corrected chi connectivity index (χ3v) is 2.28. The number of ketones is 1. The second-order valence-corrected chi connectivity index (χ2v) is 3.91. The first-order valence-corrected chi connectivity index (χ1v) is 5.55. The quantitative estimate of drug-likeness (QED) is 0.230. The van der Waals surface area contributed by atoms with Gasteiger partial charge in [0.1, 0.15) is 18.3 Å². The smallest absolute Gasteiger partial charge is 0.308 e. The fourth-order valence-corrected chi connectivity index (χ4v) is 1.08. The van der Waals surface area contributed by atoms with Gasteiger partial charge >= 0.3 is 5.97 Å². The summed E-state index contributed by atoms with van der Waals surface area (Å²) in [7, 11) is 0. The van der Waals surface area contributed by atoms with Crippen LogP contribution in [0.15, 0.2) is 0 Å². The molecular weight excluding hydrogens is 262 g/mol. The van der Waals surface area contributed by atoms with Crippen molar-refractivity contribution in [2.24, 2.45) is 5.73 Å². The SMILES string of the molecule is NCC(O)CC(=O)OCC(=O)[C@H](O)[C@@H](O)[C@H](O)CO. The van der Waals surface area contributed by atoms with Crippen molar-refractivity contribution in [1.82, 2.24) is 0 Å². The Kier molecular flexibility index (Phi) is 8.39. The van der Waals surface area contributed by atoms with Crippen molar-refractivity contribution >= 4 is 11.8 Å². The number of carbonyl (C=O) groups excluding carboxylic acids is 2. The molecule has 0 aliphatic heterocycles. The first kappa shape index (κ1) is 17.9. The standard InChI is InChI=1S/C10H19NO8/c11-2-5(13)1-8(16)19-4-7(15)10(18)9(17)6(14)3-12/h5-6,9-10,12-14,17-18H,1-4,11H2/t5?,6-,9+,10+/m1/s1. The van der Waals surface area contributed by atoms with Gasteiger partial charge in [0.15, 0.2) is 6.61 Å². The van der Waals surface area contributed by atoms with Crippen LogP contribution in [0.2, 0.25) is 0 Å². The van der Waals surface area contributed by atoms with Gasteiger partial charge in [0, 0.05) is 6.54 Å². The monoisotopic (exact) mass is 281 g/mol. The molecule has 112 valence electrons. The molecule has 9 heteroatoms. The van der Waals surface area contributed by atoms with Gasteiger partial charge in [-0.2, -0.15) is 0 Å². The topological polar surface area (TPSA) is 171 Å². The molecule has 9 nitrogen and oxygen atoms in total. The minimum atomic E-state index is -1.99. The van der Waals surface area contributed by atoms with E-state index in [4.69, 9.17) is 21.1 Å². The predicted molar refractivity (Wildman–Crippen MR) is 60.8 cm³/mol. The summed E-state index contributed by atoms with van der Waals surface area (Å²) < 4.78 is 4.44. The van der Waals surface area contributed by atoms with E-state index in [1.54, 1.807) is 0 Å². The fraction of sp³-hybridized carbons (Fsp3) is 0.800. The number of ether oxygens (including phenoxy) is 1. The van der Waals surface area contributed by atoms with Crippen LogP contribution in [0.5, 0.6) is 0 Å². The number of aliphatic hydroxyl groups is 5. The van der Waals surface area contributed by atoms with Gasteiger partial charge in [-0.25, -0.2) is 0 Å². The van der Waals surface area contributed by atoms with E-state index >= 15 is 0 Å². The maximum Gasteiger partial charge on any atom is 0.308 e. The van der Waals surface area contributed by atoms with Crippen molar-refractivity contribution in [2.45, 2.75) is 30.8 Å². The van der Waals surface area contributed by atoms with Gasteiger partial charge in [-0.05, 0) is 0 Å². The van der Waals surface area contributed by atoms with E-state index in [1.807, 2.05) is 0 Å². The minimum Gasteiger partial charge on any atom is -0.457 e. The molecule has 0 fully saturated rings. The number of aliphatic hydroxyl groups excluding tert-OH is 5. The Morgan fingerprint density at radius 1 is 1.16 bits per heavy atom. The minimum absolute atomic E-state index is 0.146. The zero-order valence-corrected chi connectivity index (χ0v) is 10.2. The first-order valence-electron chi connectivity index (χ1n) is 5.55. The number of hydrogen-bond donors (Lipinski definition) is 6. The number of hydrogen-bond acceptors (Lipinski definition) is 9. The normalized spacial score (nSPS) is 17.4. The number of esters is 1. The highest BCUT2D eigenvalue weighted by Gasteiger charge is 2.30. The maximum atomic E-state index is 11.3. The van der Waals surface area contributed by atoms with E-state index in [2.05, 4.69) is 4.74 Å². The van der Waals surface area contributed by atoms with E-state index in [0.717, 1.165) is 0 Å². The summed E-state index contributed by atoms with van der Waals surface area (Å²) in [4.78, 5) is 22.4. The molecule has 0 aromatic rings. The summed E-state index contributed by atoms with van der Waals surface area (Å²) in [6.45, 7) is -1.81. The van der Waals surface area contributed by atoms with Gasteiger partial charge in [-0.1, -0.05) is 0 Å². The van der Waals surface area contributed by atoms with Crippen molar-refractivity contribution in [3.63, 3.8) is 0 Å². The molecule has 0 saturated carbocycles. The molecule has 0 heterocycles. The lowest BCUT2D eigenvalue weighted by atomic mass is 10.1. The largest absolute Gasteiger partial charge is 0.457 e. The second-order valence-electron chi connectivity index (χ2n) is 3.91. The second kappa shape index (κ2) is 8.91. The Bertz CT molecular complexity index is 297. The van der Waals surface area contributed by atoms with Gasteiger partial charge < -0.3 is 36.0 Å². The summed E-state index contributed by atoms with van der Waals surface area (Å²) in [5, 5.41) is 45.1. The van der Waals surface area contributed by atoms with Gasteiger partial charge in [0.25, 0.3) is 0 Å². The molecule has 0 aromatic carbocycles. The lowest BCUT2D eigenvalue weighted by Gasteiger charge is -2.20. The van der Waals surface area contributed by atoms with Crippen LogP contribution in [0.25, 0.3) is 0 Å². The first-order chi connectivity index (χ1) is 8.83. The zero-order chi connectivity index (χ0) is 15.0. The van der Waals surface area contributed by atoms with Gasteiger partial charge in [-0.3, -0.25) is 9.59 Å². The molecule has 0 amide bonds. The Balaban J connectivity index is 4.13. The van der Waals surface area contributed by atoms with Gasteiger partial charge in [-0.15, -0.1) is 0 Å². The van der Waals surface area contributed by atoms with Crippen LogP contribution < -0.4 is 5.73 Å². The van der Waals surface area contributed by atoms with Crippen LogP contribution in [0, 0.1) is 0 Å². The average molecular weight is 281 g/mol. The zero-order valence-electron chi connectivity index (χ0n) is 10.2. The summed E-state index contributed by atoms with van der Waals surface area (Å²) in [6.07, 6.45) is -7.05. The Hall–Kier alpha value is -1.10. The molecule has 0 radical (unpaired) electrons. The van der Waals surface area contributed by atoms with Crippen LogP contribution in [-0.4, -0.2) is 81.5 Å².